The van der Waals surface area contributed by atoms with E-state index in [1.807, 2.05) is 38.1 Å². The van der Waals surface area contributed by atoms with Crippen LogP contribution in [0.3, 0.4) is 0 Å². The number of carbonyl (C=O) groups excluding carboxylic acids is 2. The minimum Gasteiger partial charge on any atom is -0.354 e. The molecule has 21 heavy (non-hydrogen) atoms. The summed E-state index contributed by atoms with van der Waals surface area (Å²) in [5.74, 6) is -0.0218. The maximum atomic E-state index is 11.6. The van der Waals surface area contributed by atoms with E-state index in [0.717, 1.165) is 12.0 Å². The second-order valence-electron chi connectivity index (χ2n) is 5.33. The Labute approximate surface area is 131 Å². The molecule has 0 aliphatic rings. The summed E-state index contributed by atoms with van der Waals surface area (Å²) < 4.78 is 0. The van der Waals surface area contributed by atoms with Crippen LogP contribution in [0.4, 0.5) is 0 Å². The molecule has 0 spiro atoms. The van der Waals surface area contributed by atoms with Gasteiger partial charge >= 0.3 is 0 Å². The summed E-state index contributed by atoms with van der Waals surface area (Å²) in [6, 6.07) is 7.62. The first-order valence-electron chi connectivity index (χ1n) is 7.18. The minimum atomic E-state index is -0.0396. The van der Waals surface area contributed by atoms with Crippen molar-refractivity contribution in [3.8, 4) is 0 Å². The average molecular weight is 311 g/mol. The molecule has 0 aliphatic carbocycles. The average Bonchev–Trinajstić information content (AvgIpc) is 2.41. The summed E-state index contributed by atoms with van der Waals surface area (Å²) in [4.78, 5) is 24.8. The quantitative estimate of drug-likeness (QED) is 0.841. The second kappa shape index (κ2) is 8.67. The number of nitrogens with one attached hydrogen (secondary N) is 1. The summed E-state index contributed by atoms with van der Waals surface area (Å²) in [5.41, 5.74) is 1.10. The number of amides is 2. The largest absolute Gasteiger partial charge is 0.354 e. The fourth-order valence-corrected chi connectivity index (χ4v) is 2.11. The molecule has 1 N–H and O–H groups in total. The van der Waals surface area contributed by atoms with Gasteiger partial charge in [-0.05, 0) is 24.1 Å². The molecule has 1 rings (SSSR count). The Morgan fingerprint density at radius 1 is 1.29 bits per heavy atom. The molecular weight excluding hydrogens is 288 g/mol. The maximum Gasteiger partial charge on any atom is 0.222 e. The summed E-state index contributed by atoms with van der Waals surface area (Å²) >= 11 is 5.94. The van der Waals surface area contributed by atoms with Gasteiger partial charge in [-0.3, -0.25) is 9.59 Å². The van der Waals surface area contributed by atoms with Gasteiger partial charge < -0.3 is 10.2 Å². The van der Waals surface area contributed by atoms with Crippen LogP contribution >= 0.6 is 11.6 Å². The van der Waals surface area contributed by atoms with Gasteiger partial charge in [0.05, 0.1) is 0 Å². The van der Waals surface area contributed by atoms with E-state index in [1.165, 1.54) is 0 Å². The number of halogens is 1. The lowest BCUT2D eigenvalue weighted by Crippen LogP contribution is -2.39. The molecule has 0 atom stereocenters. The zero-order valence-electron chi connectivity index (χ0n) is 12.9. The fraction of sp³-hybridized carbons (Fsp3) is 0.500. The molecule has 1 aromatic carbocycles. The third-order valence-corrected chi connectivity index (χ3v) is 3.45. The Kier molecular flexibility index (Phi) is 7.23. The molecule has 0 unspecified atom stereocenters. The van der Waals surface area contributed by atoms with Gasteiger partial charge in [0.25, 0.3) is 0 Å². The number of benzene rings is 1. The lowest BCUT2D eigenvalue weighted by molar-refractivity contribution is -0.129. The number of hydrogen-bond acceptors (Lipinski definition) is 2. The van der Waals surface area contributed by atoms with Crippen LogP contribution in [0.1, 0.15) is 26.3 Å². The standard InChI is InChI=1S/C16H23ClN2O2/c1-12(2)16(21)18-8-10-19(13(3)20)9-7-14-5-4-6-15(17)11-14/h4-6,11-12H,7-10H2,1-3H3,(H,18,21). The van der Waals surface area contributed by atoms with Crippen LogP contribution in [0.2, 0.25) is 5.02 Å². The molecule has 0 radical (unpaired) electrons. The number of carbonyl (C=O) groups is 2. The minimum absolute atomic E-state index is 0.00773. The third kappa shape index (κ3) is 6.63. The Morgan fingerprint density at radius 3 is 2.57 bits per heavy atom. The molecular formula is C16H23ClN2O2. The molecule has 5 heteroatoms. The predicted molar refractivity (Wildman–Crippen MR) is 85.3 cm³/mol. The van der Waals surface area contributed by atoms with Crippen molar-refractivity contribution in [2.24, 2.45) is 5.92 Å². The van der Waals surface area contributed by atoms with E-state index < -0.39 is 0 Å². The molecule has 4 nitrogen and oxygen atoms in total. The van der Waals surface area contributed by atoms with Gasteiger partial charge in [-0.15, -0.1) is 0 Å². The van der Waals surface area contributed by atoms with Crippen LogP contribution in [-0.2, 0) is 16.0 Å². The van der Waals surface area contributed by atoms with Crippen molar-refractivity contribution in [2.75, 3.05) is 19.6 Å². The van der Waals surface area contributed by atoms with Gasteiger partial charge in [-0.2, -0.15) is 0 Å². The van der Waals surface area contributed by atoms with Crippen LogP contribution in [0.15, 0.2) is 24.3 Å². The summed E-state index contributed by atoms with van der Waals surface area (Å²) in [6.45, 7) is 6.85. The smallest absolute Gasteiger partial charge is 0.222 e. The Morgan fingerprint density at radius 2 is 2.00 bits per heavy atom. The first-order valence-corrected chi connectivity index (χ1v) is 7.55. The highest BCUT2D eigenvalue weighted by atomic mass is 35.5. The molecule has 0 aromatic heterocycles. The zero-order valence-corrected chi connectivity index (χ0v) is 13.6. The first kappa shape index (κ1) is 17.5. The zero-order chi connectivity index (χ0) is 15.8. The van der Waals surface area contributed by atoms with Crippen molar-refractivity contribution in [3.63, 3.8) is 0 Å². The van der Waals surface area contributed by atoms with E-state index in [2.05, 4.69) is 5.32 Å². The van der Waals surface area contributed by atoms with E-state index in [4.69, 9.17) is 11.6 Å². The highest BCUT2D eigenvalue weighted by molar-refractivity contribution is 6.30. The molecule has 0 fully saturated rings. The van der Waals surface area contributed by atoms with E-state index in [9.17, 15) is 9.59 Å². The monoisotopic (exact) mass is 310 g/mol. The third-order valence-electron chi connectivity index (χ3n) is 3.21. The van der Waals surface area contributed by atoms with Gasteiger partial charge in [0.2, 0.25) is 11.8 Å². The number of hydrogen-bond donors (Lipinski definition) is 1. The van der Waals surface area contributed by atoms with Crippen LogP contribution in [0, 0.1) is 5.92 Å². The number of nitrogens with zero attached hydrogens (tertiary/aromatic N) is 1. The molecule has 116 valence electrons. The van der Waals surface area contributed by atoms with Gasteiger partial charge in [-0.25, -0.2) is 0 Å². The highest BCUT2D eigenvalue weighted by Crippen LogP contribution is 2.11. The van der Waals surface area contributed by atoms with E-state index in [-0.39, 0.29) is 17.7 Å². The maximum absolute atomic E-state index is 11.6. The summed E-state index contributed by atoms with van der Waals surface area (Å²) in [7, 11) is 0. The van der Waals surface area contributed by atoms with Crippen molar-refractivity contribution < 1.29 is 9.59 Å². The molecule has 0 heterocycles. The summed E-state index contributed by atoms with van der Waals surface area (Å²) in [6.07, 6.45) is 0.748. The Bertz CT molecular complexity index is 489. The molecule has 0 saturated carbocycles. The Balaban J connectivity index is 2.43. The topological polar surface area (TPSA) is 49.4 Å². The molecule has 2 amide bonds. The van der Waals surface area contributed by atoms with Crippen LogP contribution in [0.25, 0.3) is 0 Å². The predicted octanol–water partition coefficient (Wildman–Crippen LogP) is 2.50. The molecule has 0 saturated heterocycles. The molecule has 0 aliphatic heterocycles. The second-order valence-corrected chi connectivity index (χ2v) is 5.77. The SMILES string of the molecule is CC(=O)N(CCNC(=O)C(C)C)CCc1cccc(Cl)c1. The molecule has 0 bridgehead atoms. The van der Waals surface area contributed by atoms with Crippen molar-refractivity contribution >= 4 is 23.4 Å². The van der Waals surface area contributed by atoms with Gasteiger partial charge in [0.15, 0.2) is 0 Å². The van der Waals surface area contributed by atoms with E-state index in [0.29, 0.717) is 24.7 Å². The van der Waals surface area contributed by atoms with E-state index in [1.54, 1.807) is 11.8 Å². The Hall–Kier alpha value is -1.55. The highest BCUT2D eigenvalue weighted by Gasteiger charge is 2.10. The first-order chi connectivity index (χ1) is 9.90. The van der Waals surface area contributed by atoms with E-state index >= 15 is 0 Å². The van der Waals surface area contributed by atoms with Crippen LogP contribution < -0.4 is 5.32 Å². The van der Waals surface area contributed by atoms with Crippen molar-refractivity contribution in [2.45, 2.75) is 27.2 Å². The number of rotatable bonds is 7. The molecule has 1 aromatic rings. The van der Waals surface area contributed by atoms with Crippen molar-refractivity contribution in [3.05, 3.63) is 34.9 Å². The lowest BCUT2D eigenvalue weighted by atomic mass is 10.1. The van der Waals surface area contributed by atoms with Crippen LogP contribution in [-0.4, -0.2) is 36.3 Å². The fourth-order valence-electron chi connectivity index (χ4n) is 1.90. The van der Waals surface area contributed by atoms with Crippen molar-refractivity contribution in [1.82, 2.24) is 10.2 Å². The van der Waals surface area contributed by atoms with Gasteiger partial charge in [-0.1, -0.05) is 37.6 Å². The van der Waals surface area contributed by atoms with Crippen molar-refractivity contribution in [1.29, 1.82) is 0 Å². The normalized spacial score (nSPS) is 10.5. The summed E-state index contributed by atoms with van der Waals surface area (Å²) in [5, 5.41) is 3.52. The van der Waals surface area contributed by atoms with Crippen LogP contribution in [0.5, 0.6) is 0 Å². The van der Waals surface area contributed by atoms with Gasteiger partial charge in [0, 0.05) is 37.5 Å². The van der Waals surface area contributed by atoms with Gasteiger partial charge in [0.1, 0.15) is 0 Å². The lowest BCUT2D eigenvalue weighted by Gasteiger charge is -2.21.